The Kier molecular flexibility index (Phi) is 6.12. The fourth-order valence-electron chi connectivity index (χ4n) is 3.82. The lowest BCUT2D eigenvalue weighted by molar-refractivity contribution is -0.140. The summed E-state index contributed by atoms with van der Waals surface area (Å²) in [7, 11) is 1.38. The van der Waals surface area contributed by atoms with Gasteiger partial charge in [0.1, 0.15) is 5.82 Å². The van der Waals surface area contributed by atoms with Gasteiger partial charge in [-0.15, -0.1) is 0 Å². The average Bonchev–Trinajstić information content (AvgIpc) is 3.30. The van der Waals surface area contributed by atoms with Gasteiger partial charge in [0.15, 0.2) is 0 Å². The van der Waals surface area contributed by atoms with Crippen molar-refractivity contribution in [3.8, 4) is 0 Å². The van der Waals surface area contributed by atoms with Crippen LogP contribution in [0.25, 0.3) is 0 Å². The first-order valence-corrected chi connectivity index (χ1v) is 9.54. The van der Waals surface area contributed by atoms with Gasteiger partial charge in [-0.2, -0.15) is 0 Å². The predicted molar refractivity (Wildman–Crippen MR) is 99.0 cm³/mol. The maximum Gasteiger partial charge on any atom is 0.305 e. The zero-order valence-electron chi connectivity index (χ0n) is 15.4. The third kappa shape index (κ3) is 4.17. The van der Waals surface area contributed by atoms with Crippen LogP contribution in [0, 0.1) is 5.82 Å². The molecule has 0 radical (unpaired) electrons. The number of rotatable bonds is 7. The number of esters is 1. The van der Waals surface area contributed by atoms with E-state index >= 15 is 0 Å². The number of carbonyl (C=O) groups excluding carboxylic acids is 2. The molecule has 1 fully saturated rings. The minimum absolute atomic E-state index is 0.0415. The Labute approximate surface area is 154 Å². The Bertz CT molecular complexity index is 671. The highest BCUT2D eigenvalue weighted by molar-refractivity contribution is 5.96. The van der Waals surface area contributed by atoms with Gasteiger partial charge in [-0.1, -0.05) is 6.42 Å². The highest BCUT2D eigenvalue weighted by atomic mass is 19.1. The van der Waals surface area contributed by atoms with Crippen LogP contribution in [0.15, 0.2) is 12.1 Å². The highest BCUT2D eigenvalue weighted by Crippen LogP contribution is 2.36. The van der Waals surface area contributed by atoms with E-state index in [0.717, 1.165) is 56.6 Å². The molecule has 1 aromatic rings. The standard InChI is InChI=1S/C20H27FN2O3/c1-26-20(25)8-4-2-3-7-19(24)23-12-9-16-17(21)13-15(14-18(16)23)22-10-5-6-11-22/h13-14H,2-12H2,1H3. The van der Waals surface area contributed by atoms with Gasteiger partial charge in [-0.3, -0.25) is 9.59 Å². The van der Waals surface area contributed by atoms with Gasteiger partial charge >= 0.3 is 5.97 Å². The second kappa shape index (κ2) is 8.52. The Morgan fingerprint density at radius 2 is 1.81 bits per heavy atom. The van der Waals surface area contributed by atoms with Gasteiger partial charge in [0.2, 0.25) is 5.91 Å². The van der Waals surface area contributed by atoms with Crippen molar-refractivity contribution in [3.63, 3.8) is 0 Å². The summed E-state index contributed by atoms with van der Waals surface area (Å²) in [6, 6.07) is 3.59. The number of hydrogen-bond acceptors (Lipinski definition) is 4. The topological polar surface area (TPSA) is 49.9 Å². The summed E-state index contributed by atoms with van der Waals surface area (Å²) in [5, 5.41) is 0. The largest absolute Gasteiger partial charge is 0.469 e. The van der Waals surface area contributed by atoms with E-state index < -0.39 is 0 Å². The summed E-state index contributed by atoms with van der Waals surface area (Å²) in [5.41, 5.74) is 2.29. The molecule has 0 atom stereocenters. The van der Waals surface area contributed by atoms with Crippen LogP contribution in [0.5, 0.6) is 0 Å². The van der Waals surface area contributed by atoms with Crippen molar-refractivity contribution in [2.24, 2.45) is 0 Å². The summed E-state index contributed by atoms with van der Waals surface area (Å²) in [6.45, 7) is 2.45. The number of halogens is 1. The predicted octanol–water partition coefficient (Wildman–Crippen LogP) is 3.44. The third-order valence-electron chi connectivity index (χ3n) is 5.30. The average molecular weight is 362 g/mol. The molecule has 26 heavy (non-hydrogen) atoms. The highest BCUT2D eigenvalue weighted by Gasteiger charge is 2.28. The molecule has 0 aromatic heterocycles. The second-order valence-electron chi connectivity index (χ2n) is 7.05. The fraction of sp³-hybridized carbons (Fsp3) is 0.600. The molecule has 0 saturated carbocycles. The van der Waals surface area contributed by atoms with E-state index in [-0.39, 0.29) is 17.7 Å². The molecule has 0 spiro atoms. The van der Waals surface area contributed by atoms with Crippen LogP contribution < -0.4 is 9.80 Å². The summed E-state index contributed by atoms with van der Waals surface area (Å²) in [5.74, 6) is -0.368. The van der Waals surface area contributed by atoms with Crippen molar-refractivity contribution in [1.82, 2.24) is 0 Å². The summed E-state index contributed by atoms with van der Waals surface area (Å²) in [6.07, 6.45) is 5.93. The number of carbonyl (C=O) groups is 2. The number of amides is 1. The Balaban J connectivity index is 1.59. The molecule has 0 N–H and O–H groups in total. The summed E-state index contributed by atoms with van der Waals surface area (Å²) in [4.78, 5) is 27.6. The number of fused-ring (bicyclic) bond motifs is 1. The SMILES string of the molecule is COC(=O)CCCCCC(=O)N1CCc2c(F)cc(N3CCCC3)cc21. The minimum atomic E-state index is -0.213. The molecule has 2 heterocycles. The molecule has 142 valence electrons. The van der Waals surface area contributed by atoms with Crippen molar-refractivity contribution >= 4 is 23.3 Å². The zero-order chi connectivity index (χ0) is 18.5. The van der Waals surface area contributed by atoms with Crippen LogP contribution in [0.2, 0.25) is 0 Å². The van der Waals surface area contributed by atoms with Gasteiger partial charge < -0.3 is 14.5 Å². The lowest BCUT2D eigenvalue weighted by Gasteiger charge is -2.22. The Morgan fingerprint density at radius 1 is 1.08 bits per heavy atom. The smallest absolute Gasteiger partial charge is 0.305 e. The first-order chi connectivity index (χ1) is 12.6. The molecule has 0 bridgehead atoms. The van der Waals surface area contributed by atoms with Crippen molar-refractivity contribution in [2.75, 3.05) is 36.5 Å². The molecule has 1 aromatic carbocycles. The molecule has 6 heteroatoms. The molecule has 5 nitrogen and oxygen atoms in total. The molecule has 0 aliphatic carbocycles. The third-order valence-corrected chi connectivity index (χ3v) is 5.30. The number of ether oxygens (including phenoxy) is 1. The van der Waals surface area contributed by atoms with Crippen LogP contribution in [0.4, 0.5) is 15.8 Å². The molecule has 1 saturated heterocycles. The normalized spacial score (nSPS) is 16.1. The molecule has 1 amide bonds. The van der Waals surface area contributed by atoms with Crippen LogP contribution >= 0.6 is 0 Å². The number of hydrogen-bond donors (Lipinski definition) is 0. The van der Waals surface area contributed by atoms with E-state index in [4.69, 9.17) is 0 Å². The van der Waals surface area contributed by atoms with Crippen molar-refractivity contribution < 1.29 is 18.7 Å². The number of benzene rings is 1. The monoisotopic (exact) mass is 362 g/mol. The number of anilines is 2. The van der Waals surface area contributed by atoms with Crippen molar-refractivity contribution in [2.45, 2.75) is 51.4 Å². The number of methoxy groups -OCH3 is 1. The Morgan fingerprint density at radius 3 is 2.54 bits per heavy atom. The summed E-state index contributed by atoms with van der Waals surface area (Å²) >= 11 is 0. The van der Waals surface area contributed by atoms with E-state index in [1.807, 2.05) is 6.07 Å². The second-order valence-corrected chi connectivity index (χ2v) is 7.05. The van der Waals surface area contributed by atoms with Crippen LogP contribution in [0.3, 0.4) is 0 Å². The van der Waals surface area contributed by atoms with E-state index in [1.165, 1.54) is 7.11 Å². The molecule has 3 rings (SSSR count). The first kappa shape index (κ1) is 18.7. The minimum Gasteiger partial charge on any atom is -0.469 e. The fourth-order valence-corrected chi connectivity index (χ4v) is 3.82. The van der Waals surface area contributed by atoms with E-state index in [9.17, 15) is 14.0 Å². The van der Waals surface area contributed by atoms with Crippen LogP contribution in [-0.2, 0) is 20.7 Å². The van der Waals surface area contributed by atoms with Crippen LogP contribution in [-0.4, -0.2) is 38.6 Å². The maximum absolute atomic E-state index is 14.5. The van der Waals surface area contributed by atoms with E-state index in [2.05, 4.69) is 9.64 Å². The quantitative estimate of drug-likeness (QED) is 0.551. The van der Waals surface area contributed by atoms with Gasteiger partial charge in [0.05, 0.1) is 12.8 Å². The van der Waals surface area contributed by atoms with Gasteiger partial charge in [0.25, 0.3) is 0 Å². The molecular formula is C20H27FN2O3. The van der Waals surface area contributed by atoms with Gasteiger partial charge in [-0.25, -0.2) is 4.39 Å². The van der Waals surface area contributed by atoms with Crippen LogP contribution in [0.1, 0.15) is 50.5 Å². The van der Waals surface area contributed by atoms with E-state index in [0.29, 0.717) is 31.4 Å². The number of nitrogens with zero attached hydrogens (tertiary/aromatic N) is 2. The van der Waals surface area contributed by atoms with Crippen molar-refractivity contribution in [1.29, 1.82) is 0 Å². The van der Waals surface area contributed by atoms with Crippen molar-refractivity contribution in [3.05, 3.63) is 23.5 Å². The lowest BCUT2D eigenvalue weighted by atomic mass is 10.1. The molecule has 2 aliphatic rings. The zero-order valence-corrected chi connectivity index (χ0v) is 15.4. The summed E-state index contributed by atoms with van der Waals surface area (Å²) < 4.78 is 19.1. The number of unbranched alkanes of at least 4 members (excludes halogenated alkanes) is 2. The molecule has 2 aliphatic heterocycles. The molecular weight excluding hydrogens is 335 g/mol. The molecule has 0 unspecified atom stereocenters. The Hall–Kier alpha value is -2.11. The van der Waals surface area contributed by atoms with Gasteiger partial charge in [-0.05, 0) is 44.2 Å². The lowest BCUT2D eigenvalue weighted by Crippen LogP contribution is -2.28. The first-order valence-electron chi connectivity index (χ1n) is 9.54. The van der Waals surface area contributed by atoms with Gasteiger partial charge in [0, 0.05) is 43.7 Å². The maximum atomic E-state index is 14.5. The van der Waals surface area contributed by atoms with E-state index in [1.54, 1.807) is 11.0 Å².